The van der Waals surface area contributed by atoms with Gasteiger partial charge in [0, 0.05) is 23.6 Å². The first-order chi connectivity index (χ1) is 16.6. The van der Waals surface area contributed by atoms with Gasteiger partial charge in [0.15, 0.2) is 0 Å². The summed E-state index contributed by atoms with van der Waals surface area (Å²) in [6, 6.07) is 16.9. The van der Waals surface area contributed by atoms with Crippen LogP contribution in [-0.2, 0) is 10.2 Å². The fourth-order valence-corrected chi connectivity index (χ4v) is 3.62. The minimum Gasteiger partial charge on any atom is -0.497 e. The maximum absolute atomic E-state index is 13.2. The van der Waals surface area contributed by atoms with E-state index in [9.17, 15) is 9.59 Å². The molecule has 0 saturated carbocycles. The van der Waals surface area contributed by atoms with Crippen LogP contribution in [0.3, 0.4) is 0 Å². The number of amides is 2. The van der Waals surface area contributed by atoms with E-state index >= 15 is 0 Å². The normalized spacial score (nSPS) is 11.3. The highest BCUT2D eigenvalue weighted by Crippen LogP contribution is 2.26. The molecule has 1 aromatic heterocycles. The van der Waals surface area contributed by atoms with Gasteiger partial charge < -0.3 is 15.0 Å². The van der Waals surface area contributed by atoms with E-state index in [2.05, 4.69) is 33.0 Å². The number of ether oxygens (including phenoxy) is 1. The van der Waals surface area contributed by atoms with E-state index in [0.717, 1.165) is 29.8 Å². The van der Waals surface area contributed by atoms with E-state index < -0.39 is 0 Å². The lowest BCUT2D eigenvalue weighted by Crippen LogP contribution is -2.39. The van der Waals surface area contributed by atoms with Gasteiger partial charge >= 0.3 is 0 Å². The third kappa shape index (κ3) is 6.72. The fourth-order valence-electron chi connectivity index (χ4n) is 3.62. The van der Waals surface area contributed by atoms with Gasteiger partial charge in [-0.15, -0.1) is 0 Å². The maximum Gasteiger partial charge on any atom is 0.254 e. The van der Waals surface area contributed by atoms with Crippen molar-refractivity contribution in [1.29, 1.82) is 0 Å². The molecule has 2 aromatic carbocycles. The summed E-state index contributed by atoms with van der Waals surface area (Å²) < 4.78 is 7.01. The average Bonchev–Trinajstić information content (AvgIpc) is 3.26. The lowest BCUT2D eigenvalue weighted by molar-refractivity contribution is -0.117. The average molecular weight is 477 g/mol. The zero-order valence-electron chi connectivity index (χ0n) is 21.6. The molecule has 0 aliphatic heterocycles. The first-order valence-corrected chi connectivity index (χ1v) is 12.0. The number of unbranched alkanes of at least 4 members (excludes halogenated alkanes) is 1. The first kappa shape index (κ1) is 26.0. The zero-order chi connectivity index (χ0) is 25.6. The van der Waals surface area contributed by atoms with Gasteiger partial charge in [-0.05, 0) is 43.7 Å². The number of carbonyl (C=O) groups is 2. The minimum atomic E-state index is -0.272. The standard InChI is InChI=1S/C28H36N4O3/c1-7-8-16-31(27(34)21-10-9-11-23(17-21)35-6)19-26(33)29-25-18-24(28(3,4)5)30-32(25)22-14-12-20(2)13-15-22/h9-15,17-18H,7-8,16,19H2,1-6H3,(H,29,33). The minimum absolute atomic E-state index is 0.0556. The van der Waals surface area contributed by atoms with E-state index in [1.54, 1.807) is 41.0 Å². The van der Waals surface area contributed by atoms with E-state index in [0.29, 0.717) is 23.7 Å². The van der Waals surface area contributed by atoms with E-state index in [-0.39, 0.29) is 23.8 Å². The Morgan fingerprint density at radius 2 is 1.80 bits per heavy atom. The predicted octanol–water partition coefficient (Wildman–Crippen LogP) is 5.37. The summed E-state index contributed by atoms with van der Waals surface area (Å²) in [7, 11) is 1.56. The third-order valence-electron chi connectivity index (χ3n) is 5.74. The number of carbonyl (C=O) groups excluding carboxylic acids is 2. The van der Waals surface area contributed by atoms with Gasteiger partial charge in [0.05, 0.1) is 18.5 Å². The van der Waals surface area contributed by atoms with Crippen LogP contribution < -0.4 is 10.1 Å². The van der Waals surface area contributed by atoms with Crippen LogP contribution in [0.4, 0.5) is 5.82 Å². The molecule has 0 atom stereocenters. The molecular weight excluding hydrogens is 440 g/mol. The van der Waals surface area contributed by atoms with Crippen molar-refractivity contribution in [3.05, 3.63) is 71.4 Å². The molecule has 7 heteroatoms. The summed E-state index contributed by atoms with van der Waals surface area (Å²) in [6.07, 6.45) is 1.72. The van der Waals surface area contributed by atoms with Crippen LogP contribution >= 0.6 is 0 Å². The number of hydrogen-bond donors (Lipinski definition) is 1. The molecule has 1 N–H and O–H groups in total. The van der Waals surface area contributed by atoms with E-state index in [1.807, 2.05) is 37.3 Å². The molecule has 0 fully saturated rings. The van der Waals surface area contributed by atoms with Gasteiger partial charge in [-0.2, -0.15) is 5.10 Å². The van der Waals surface area contributed by atoms with Gasteiger partial charge in [0.2, 0.25) is 5.91 Å². The number of hydrogen-bond acceptors (Lipinski definition) is 4. The molecule has 0 unspecified atom stereocenters. The lowest BCUT2D eigenvalue weighted by Gasteiger charge is -2.22. The Morgan fingerprint density at radius 1 is 1.09 bits per heavy atom. The van der Waals surface area contributed by atoms with E-state index in [1.165, 1.54) is 0 Å². The van der Waals surface area contributed by atoms with Crippen molar-refractivity contribution in [1.82, 2.24) is 14.7 Å². The summed E-state index contributed by atoms with van der Waals surface area (Å²) in [5.41, 5.74) is 3.17. The Hall–Kier alpha value is -3.61. The van der Waals surface area contributed by atoms with Gasteiger partial charge in [0.1, 0.15) is 18.1 Å². The number of methoxy groups -OCH3 is 1. The van der Waals surface area contributed by atoms with Crippen molar-refractivity contribution < 1.29 is 14.3 Å². The monoisotopic (exact) mass is 476 g/mol. The molecule has 1 heterocycles. The van der Waals surface area contributed by atoms with Crippen LogP contribution in [-0.4, -0.2) is 46.7 Å². The maximum atomic E-state index is 13.2. The molecule has 0 spiro atoms. The molecule has 0 radical (unpaired) electrons. The van der Waals surface area contributed by atoms with Crippen LogP contribution in [0, 0.1) is 6.92 Å². The second-order valence-corrected chi connectivity index (χ2v) is 9.77. The second kappa shape index (κ2) is 11.2. The Morgan fingerprint density at radius 3 is 2.43 bits per heavy atom. The highest BCUT2D eigenvalue weighted by atomic mass is 16.5. The lowest BCUT2D eigenvalue weighted by atomic mass is 9.92. The van der Waals surface area contributed by atoms with Crippen molar-refractivity contribution in [2.75, 3.05) is 25.5 Å². The van der Waals surface area contributed by atoms with Crippen LogP contribution in [0.1, 0.15) is 62.2 Å². The molecular formula is C28H36N4O3. The fraction of sp³-hybridized carbons (Fsp3) is 0.393. The van der Waals surface area contributed by atoms with Crippen molar-refractivity contribution in [2.45, 2.75) is 52.9 Å². The van der Waals surface area contributed by atoms with Crippen LogP contribution in [0.15, 0.2) is 54.6 Å². The first-order valence-electron chi connectivity index (χ1n) is 12.0. The molecule has 0 bridgehead atoms. The molecule has 2 amide bonds. The quantitative estimate of drug-likeness (QED) is 0.451. The number of rotatable bonds is 9. The summed E-state index contributed by atoms with van der Waals surface area (Å²) >= 11 is 0. The Balaban J connectivity index is 1.85. The van der Waals surface area contributed by atoms with Crippen molar-refractivity contribution in [3.63, 3.8) is 0 Å². The molecule has 0 saturated heterocycles. The Kier molecular flexibility index (Phi) is 8.33. The van der Waals surface area contributed by atoms with Crippen LogP contribution in [0.2, 0.25) is 0 Å². The number of nitrogens with one attached hydrogen (secondary N) is 1. The summed E-state index contributed by atoms with van der Waals surface area (Å²) in [4.78, 5) is 28.0. The smallest absolute Gasteiger partial charge is 0.254 e. The number of aryl methyl sites for hydroxylation is 1. The summed E-state index contributed by atoms with van der Waals surface area (Å²) in [5.74, 6) is 0.710. The van der Waals surface area contributed by atoms with Crippen LogP contribution in [0.25, 0.3) is 5.69 Å². The largest absolute Gasteiger partial charge is 0.497 e. The summed E-state index contributed by atoms with van der Waals surface area (Å²) in [6.45, 7) is 10.8. The Labute approximate surface area is 208 Å². The van der Waals surface area contributed by atoms with Gasteiger partial charge in [-0.1, -0.05) is 57.9 Å². The molecule has 0 aliphatic carbocycles. The molecule has 186 valence electrons. The second-order valence-electron chi connectivity index (χ2n) is 9.77. The van der Waals surface area contributed by atoms with Gasteiger partial charge in [0.25, 0.3) is 5.91 Å². The van der Waals surface area contributed by atoms with Crippen LogP contribution in [0.5, 0.6) is 5.75 Å². The Bertz CT molecular complexity index is 1160. The molecule has 35 heavy (non-hydrogen) atoms. The number of aromatic nitrogens is 2. The van der Waals surface area contributed by atoms with E-state index in [4.69, 9.17) is 9.84 Å². The van der Waals surface area contributed by atoms with Crippen molar-refractivity contribution in [3.8, 4) is 11.4 Å². The molecule has 3 aromatic rings. The third-order valence-corrected chi connectivity index (χ3v) is 5.74. The molecule has 3 rings (SSSR count). The highest BCUT2D eigenvalue weighted by molar-refractivity contribution is 5.99. The SMILES string of the molecule is CCCCN(CC(=O)Nc1cc(C(C)(C)C)nn1-c1ccc(C)cc1)C(=O)c1cccc(OC)c1. The number of nitrogens with zero attached hydrogens (tertiary/aromatic N) is 3. The topological polar surface area (TPSA) is 76.5 Å². The number of benzene rings is 2. The van der Waals surface area contributed by atoms with Crippen molar-refractivity contribution >= 4 is 17.6 Å². The van der Waals surface area contributed by atoms with Gasteiger partial charge in [-0.3, -0.25) is 9.59 Å². The zero-order valence-corrected chi connectivity index (χ0v) is 21.6. The molecule has 7 nitrogen and oxygen atoms in total. The van der Waals surface area contributed by atoms with Gasteiger partial charge in [-0.25, -0.2) is 4.68 Å². The molecule has 0 aliphatic rings. The predicted molar refractivity (Wildman–Crippen MR) is 139 cm³/mol. The number of anilines is 1. The highest BCUT2D eigenvalue weighted by Gasteiger charge is 2.23. The summed E-state index contributed by atoms with van der Waals surface area (Å²) in [5, 5.41) is 7.77. The van der Waals surface area contributed by atoms with Crippen molar-refractivity contribution in [2.24, 2.45) is 0 Å².